The normalized spacial score (nSPS) is 18.8. The van der Waals surface area contributed by atoms with Crippen LogP contribution in [0.2, 0.25) is 0 Å². The van der Waals surface area contributed by atoms with Crippen molar-refractivity contribution in [3.63, 3.8) is 0 Å². The molecule has 98 valence electrons. The number of pyridine rings is 1. The van der Waals surface area contributed by atoms with Gasteiger partial charge < -0.3 is 10.1 Å². The molecule has 1 aromatic heterocycles. The molecule has 1 N–H and O–H groups in total. The van der Waals surface area contributed by atoms with E-state index in [1.165, 1.54) is 25.1 Å². The molecule has 0 bridgehead atoms. The highest BCUT2D eigenvalue weighted by atomic mass is 127. The van der Waals surface area contributed by atoms with Crippen LogP contribution in [0.3, 0.4) is 0 Å². The monoisotopic (exact) mass is 363 g/mol. The van der Waals surface area contributed by atoms with Gasteiger partial charge in [-0.2, -0.15) is 0 Å². The fraction of sp³-hybridized carbons (Fsp3) is 0.545. The molecule has 2 heterocycles. The topological polar surface area (TPSA) is 77.3 Å². The molecule has 1 unspecified atom stereocenters. The molecule has 0 aliphatic carbocycles. The van der Waals surface area contributed by atoms with Crippen molar-refractivity contribution >= 4 is 28.3 Å². The van der Waals surface area contributed by atoms with Crippen LogP contribution in [-0.4, -0.2) is 29.1 Å². The van der Waals surface area contributed by atoms with Crippen molar-refractivity contribution in [3.8, 4) is 5.88 Å². The molecular formula is C11H14IN3O3. The van der Waals surface area contributed by atoms with E-state index in [0.29, 0.717) is 22.1 Å². The molecule has 1 aromatic rings. The average molecular weight is 363 g/mol. The van der Waals surface area contributed by atoms with Crippen molar-refractivity contribution in [1.29, 1.82) is 0 Å². The highest BCUT2D eigenvalue weighted by Gasteiger charge is 2.15. The molecule has 1 aliphatic rings. The van der Waals surface area contributed by atoms with E-state index in [4.69, 9.17) is 4.74 Å². The number of hydrogen-bond donors (Lipinski definition) is 1. The highest BCUT2D eigenvalue weighted by molar-refractivity contribution is 14.1. The molecule has 18 heavy (non-hydrogen) atoms. The Morgan fingerprint density at radius 3 is 3.11 bits per heavy atom. The summed E-state index contributed by atoms with van der Waals surface area (Å²) in [5, 5.41) is 14.0. The number of nitrogens with one attached hydrogen (secondary N) is 1. The van der Waals surface area contributed by atoms with Crippen LogP contribution >= 0.6 is 22.6 Å². The first-order valence-electron chi connectivity index (χ1n) is 5.83. The molecule has 2 rings (SSSR count). The van der Waals surface area contributed by atoms with Gasteiger partial charge in [-0.25, -0.2) is 4.98 Å². The SMILES string of the molecule is O=[N+]([O-])c1cnc(OCCC2CCCN2)c(I)c1. The third-order valence-electron chi connectivity index (χ3n) is 2.87. The predicted molar refractivity (Wildman–Crippen MR) is 74.7 cm³/mol. The van der Waals surface area contributed by atoms with Crippen LogP contribution in [0.15, 0.2) is 12.3 Å². The van der Waals surface area contributed by atoms with E-state index in [2.05, 4.69) is 10.3 Å². The Morgan fingerprint density at radius 2 is 2.50 bits per heavy atom. The van der Waals surface area contributed by atoms with Crippen molar-refractivity contribution in [2.45, 2.75) is 25.3 Å². The smallest absolute Gasteiger partial charge is 0.288 e. The lowest BCUT2D eigenvalue weighted by atomic mass is 10.2. The first-order valence-corrected chi connectivity index (χ1v) is 6.91. The van der Waals surface area contributed by atoms with Gasteiger partial charge in [0.05, 0.1) is 15.1 Å². The number of rotatable bonds is 5. The number of halogens is 1. The first-order chi connectivity index (χ1) is 8.66. The zero-order chi connectivity index (χ0) is 13.0. The van der Waals surface area contributed by atoms with Gasteiger partial charge in [-0.1, -0.05) is 0 Å². The maximum absolute atomic E-state index is 10.6. The molecule has 1 atom stereocenters. The maximum atomic E-state index is 10.6. The fourth-order valence-electron chi connectivity index (χ4n) is 1.92. The van der Waals surface area contributed by atoms with Gasteiger partial charge in [-0.15, -0.1) is 0 Å². The molecule has 0 saturated carbocycles. The van der Waals surface area contributed by atoms with Crippen molar-refractivity contribution in [2.75, 3.05) is 13.2 Å². The van der Waals surface area contributed by atoms with Gasteiger partial charge in [0.25, 0.3) is 5.69 Å². The lowest BCUT2D eigenvalue weighted by Gasteiger charge is -2.11. The minimum Gasteiger partial charge on any atom is -0.477 e. The molecule has 0 aromatic carbocycles. The summed E-state index contributed by atoms with van der Waals surface area (Å²) >= 11 is 2.00. The van der Waals surface area contributed by atoms with Crippen LogP contribution in [0.5, 0.6) is 5.88 Å². The molecule has 0 amide bonds. The van der Waals surface area contributed by atoms with E-state index in [1.54, 1.807) is 0 Å². The summed E-state index contributed by atoms with van der Waals surface area (Å²) in [7, 11) is 0. The fourth-order valence-corrected chi connectivity index (χ4v) is 2.54. The van der Waals surface area contributed by atoms with Gasteiger partial charge in [0.2, 0.25) is 5.88 Å². The zero-order valence-electron chi connectivity index (χ0n) is 9.76. The Hall–Kier alpha value is -0.960. The van der Waals surface area contributed by atoms with Gasteiger partial charge in [0.1, 0.15) is 6.20 Å². The Bertz CT molecular complexity index is 436. The average Bonchev–Trinajstić information content (AvgIpc) is 2.84. The summed E-state index contributed by atoms with van der Waals surface area (Å²) < 4.78 is 6.22. The lowest BCUT2D eigenvalue weighted by molar-refractivity contribution is -0.385. The van der Waals surface area contributed by atoms with E-state index in [1.807, 2.05) is 22.6 Å². The minimum atomic E-state index is -0.457. The Labute approximate surface area is 118 Å². The van der Waals surface area contributed by atoms with Crippen LogP contribution in [0.25, 0.3) is 0 Å². The highest BCUT2D eigenvalue weighted by Crippen LogP contribution is 2.22. The molecule has 1 fully saturated rings. The number of hydrogen-bond acceptors (Lipinski definition) is 5. The van der Waals surface area contributed by atoms with Gasteiger partial charge in [0.15, 0.2) is 0 Å². The van der Waals surface area contributed by atoms with Crippen LogP contribution in [0.4, 0.5) is 5.69 Å². The molecule has 0 radical (unpaired) electrons. The summed E-state index contributed by atoms with van der Waals surface area (Å²) in [5.74, 6) is 0.471. The van der Waals surface area contributed by atoms with Crippen molar-refractivity contribution in [2.24, 2.45) is 0 Å². The van der Waals surface area contributed by atoms with Crippen molar-refractivity contribution in [1.82, 2.24) is 10.3 Å². The third-order valence-corrected chi connectivity index (χ3v) is 3.64. The van der Waals surface area contributed by atoms with E-state index >= 15 is 0 Å². The maximum Gasteiger partial charge on any atom is 0.288 e. The largest absolute Gasteiger partial charge is 0.477 e. The first kappa shape index (κ1) is 13.5. The van der Waals surface area contributed by atoms with Crippen LogP contribution < -0.4 is 10.1 Å². The molecule has 6 nitrogen and oxygen atoms in total. The Balaban J connectivity index is 1.87. The standard InChI is InChI=1S/C11H14IN3O3/c12-10-6-9(15(16)17)7-14-11(10)18-5-3-8-2-1-4-13-8/h6-8,13H,1-5H2. The number of nitro groups is 1. The number of ether oxygens (including phenoxy) is 1. The second kappa shape index (κ2) is 6.28. The third kappa shape index (κ3) is 3.52. The lowest BCUT2D eigenvalue weighted by Crippen LogP contribution is -2.23. The summed E-state index contributed by atoms with van der Waals surface area (Å²) in [4.78, 5) is 14.1. The summed E-state index contributed by atoms with van der Waals surface area (Å²) in [6.45, 7) is 1.66. The second-order valence-corrected chi connectivity index (χ2v) is 5.33. The summed E-state index contributed by atoms with van der Waals surface area (Å²) in [6, 6.07) is 2.00. The van der Waals surface area contributed by atoms with Crippen LogP contribution in [0, 0.1) is 13.7 Å². The Kier molecular flexibility index (Phi) is 4.70. The van der Waals surface area contributed by atoms with E-state index < -0.39 is 4.92 Å². The molecule has 1 aliphatic heterocycles. The quantitative estimate of drug-likeness (QED) is 0.493. The van der Waals surface area contributed by atoms with Crippen LogP contribution in [-0.2, 0) is 0 Å². The minimum absolute atomic E-state index is 0.00999. The van der Waals surface area contributed by atoms with Gasteiger partial charge in [-0.3, -0.25) is 10.1 Å². The number of nitrogens with zero attached hydrogens (tertiary/aromatic N) is 2. The summed E-state index contributed by atoms with van der Waals surface area (Å²) in [6.07, 6.45) is 4.58. The van der Waals surface area contributed by atoms with Crippen molar-refractivity contribution in [3.05, 3.63) is 25.9 Å². The molecule has 1 saturated heterocycles. The molecule has 0 spiro atoms. The molecular weight excluding hydrogens is 349 g/mol. The van der Waals surface area contributed by atoms with Crippen molar-refractivity contribution < 1.29 is 9.66 Å². The van der Waals surface area contributed by atoms with E-state index in [9.17, 15) is 10.1 Å². The Morgan fingerprint density at radius 1 is 1.67 bits per heavy atom. The predicted octanol–water partition coefficient (Wildman–Crippen LogP) is 2.12. The van der Waals surface area contributed by atoms with Crippen LogP contribution in [0.1, 0.15) is 19.3 Å². The second-order valence-electron chi connectivity index (χ2n) is 4.17. The molecule has 7 heteroatoms. The van der Waals surface area contributed by atoms with E-state index in [0.717, 1.165) is 13.0 Å². The van der Waals surface area contributed by atoms with Gasteiger partial charge in [0, 0.05) is 12.1 Å². The summed E-state index contributed by atoms with van der Waals surface area (Å²) in [5.41, 5.74) is -0.00999. The van der Waals surface area contributed by atoms with E-state index in [-0.39, 0.29) is 5.69 Å². The van der Waals surface area contributed by atoms with Gasteiger partial charge in [-0.05, 0) is 48.4 Å². The number of aromatic nitrogens is 1. The van der Waals surface area contributed by atoms with Gasteiger partial charge >= 0.3 is 0 Å². The zero-order valence-corrected chi connectivity index (χ0v) is 11.9.